The zero-order valence-electron chi connectivity index (χ0n) is 10.7. The van der Waals surface area contributed by atoms with E-state index in [9.17, 15) is 13.2 Å². The van der Waals surface area contributed by atoms with Crippen LogP contribution in [0, 0.1) is 18.3 Å². The average molecular weight is 246 g/mol. The zero-order valence-corrected chi connectivity index (χ0v) is 10.7. The van der Waals surface area contributed by atoms with Gasteiger partial charge in [-0.25, -0.2) is 4.98 Å². The van der Waals surface area contributed by atoms with E-state index in [0.717, 1.165) is 6.07 Å². The van der Waals surface area contributed by atoms with Crippen molar-refractivity contribution in [2.24, 2.45) is 0 Å². The van der Waals surface area contributed by atoms with E-state index in [1.54, 1.807) is 0 Å². The summed E-state index contributed by atoms with van der Waals surface area (Å²) in [6, 6.07) is 2.31. The fourth-order valence-electron chi connectivity index (χ4n) is 0.874. The molecule has 0 unspecified atom stereocenters. The van der Waals surface area contributed by atoms with Gasteiger partial charge in [-0.15, -0.1) is 0 Å². The second-order valence-electron chi connectivity index (χ2n) is 2.52. The van der Waals surface area contributed by atoms with E-state index in [2.05, 4.69) is 4.98 Å². The van der Waals surface area contributed by atoms with E-state index in [4.69, 9.17) is 5.26 Å². The van der Waals surface area contributed by atoms with Gasteiger partial charge in [0.2, 0.25) is 0 Å². The molecule has 0 aromatic carbocycles. The summed E-state index contributed by atoms with van der Waals surface area (Å²) in [5.74, 6) is 0. The molecule has 0 aliphatic rings. The Kier molecular flexibility index (Phi) is 8.98. The number of halogens is 3. The van der Waals surface area contributed by atoms with Crippen molar-refractivity contribution in [1.29, 1.82) is 5.26 Å². The third-order valence-corrected chi connectivity index (χ3v) is 1.44. The predicted molar refractivity (Wildman–Crippen MR) is 61.4 cm³/mol. The number of aryl methyl sites for hydroxylation is 1. The molecule has 96 valence electrons. The van der Waals surface area contributed by atoms with Gasteiger partial charge >= 0.3 is 6.18 Å². The molecule has 5 heteroatoms. The van der Waals surface area contributed by atoms with Crippen LogP contribution in [-0.4, -0.2) is 4.98 Å². The molecule has 0 N–H and O–H groups in total. The molecule has 0 bridgehead atoms. The van der Waals surface area contributed by atoms with Gasteiger partial charge < -0.3 is 0 Å². The second kappa shape index (κ2) is 8.57. The molecule has 0 saturated heterocycles. The summed E-state index contributed by atoms with van der Waals surface area (Å²) >= 11 is 0. The summed E-state index contributed by atoms with van der Waals surface area (Å²) in [5.41, 5.74) is -1.18. The first kappa shape index (κ1) is 17.8. The molecule has 1 aromatic heterocycles. The monoisotopic (exact) mass is 246 g/mol. The third kappa shape index (κ3) is 5.91. The van der Waals surface area contributed by atoms with E-state index in [0.29, 0.717) is 5.56 Å². The lowest BCUT2D eigenvalue weighted by Crippen LogP contribution is -2.09. The van der Waals surface area contributed by atoms with E-state index in [-0.39, 0.29) is 0 Å². The molecule has 0 amide bonds. The molecule has 0 spiro atoms. The lowest BCUT2D eigenvalue weighted by molar-refractivity contribution is -0.138. The van der Waals surface area contributed by atoms with Crippen LogP contribution in [0.1, 0.15) is 44.5 Å². The molecule has 2 nitrogen and oxygen atoms in total. The first-order valence-corrected chi connectivity index (χ1v) is 5.39. The van der Waals surface area contributed by atoms with Crippen LogP contribution < -0.4 is 0 Å². The number of aromatic nitrogens is 1. The predicted octanol–water partition coefficient (Wildman–Crippen LogP) is 4.33. The molecule has 1 rings (SSSR count). The van der Waals surface area contributed by atoms with E-state index in [1.807, 2.05) is 27.7 Å². The van der Waals surface area contributed by atoms with Crippen molar-refractivity contribution >= 4 is 0 Å². The molecule has 0 saturated carbocycles. The molecule has 0 radical (unpaired) electrons. The smallest absolute Gasteiger partial charge is 0.245 e. The quantitative estimate of drug-likeness (QED) is 0.683. The highest BCUT2D eigenvalue weighted by molar-refractivity contribution is 5.35. The van der Waals surface area contributed by atoms with E-state index in [1.165, 1.54) is 19.2 Å². The van der Waals surface area contributed by atoms with Gasteiger partial charge in [-0.05, 0) is 18.6 Å². The van der Waals surface area contributed by atoms with Crippen LogP contribution in [0.4, 0.5) is 13.2 Å². The van der Waals surface area contributed by atoms with Crippen molar-refractivity contribution in [2.45, 2.75) is 40.8 Å². The third-order valence-electron chi connectivity index (χ3n) is 1.44. The van der Waals surface area contributed by atoms with Crippen LogP contribution in [0.3, 0.4) is 0 Å². The molecule has 17 heavy (non-hydrogen) atoms. The number of alkyl halides is 3. The van der Waals surface area contributed by atoms with Gasteiger partial charge in [-0.2, -0.15) is 18.4 Å². The molecular formula is C12H17F3N2. The Hall–Kier alpha value is -1.57. The molecule has 0 aliphatic heterocycles. The highest BCUT2D eigenvalue weighted by atomic mass is 19.4. The SMILES string of the molecule is CC.CC.Cc1cnc(C#N)c(C(F)(F)F)c1. The lowest BCUT2D eigenvalue weighted by Gasteiger charge is -2.07. The summed E-state index contributed by atoms with van der Waals surface area (Å²) < 4.78 is 36.7. The highest BCUT2D eigenvalue weighted by Gasteiger charge is 2.34. The minimum atomic E-state index is -4.51. The van der Waals surface area contributed by atoms with Gasteiger partial charge in [-0.3, -0.25) is 0 Å². The standard InChI is InChI=1S/C8H5F3N2.2C2H6/c1-5-2-6(8(9,10)11)7(3-12)13-4-5;2*1-2/h2,4H,1H3;2*1-2H3. The fourth-order valence-corrected chi connectivity index (χ4v) is 0.874. The lowest BCUT2D eigenvalue weighted by atomic mass is 10.1. The minimum absolute atomic E-state index is 0.381. The molecule has 0 fully saturated rings. The number of hydrogen-bond donors (Lipinski definition) is 0. The summed E-state index contributed by atoms with van der Waals surface area (Å²) in [4.78, 5) is 3.38. The summed E-state index contributed by atoms with van der Waals surface area (Å²) in [5, 5.41) is 8.36. The zero-order chi connectivity index (χ0) is 14.1. The maximum Gasteiger partial charge on any atom is 0.419 e. The first-order chi connectivity index (χ1) is 7.95. The van der Waals surface area contributed by atoms with Crippen molar-refractivity contribution in [1.82, 2.24) is 4.98 Å². The van der Waals surface area contributed by atoms with Crippen molar-refractivity contribution in [3.63, 3.8) is 0 Å². The van der Waals surface area contributed by atoms with Crippen molar-refractivity contribution in [3.05, 3.63) is 29.1 Å². The maximum absolute atomic E-state index is 12.2. The summed E-state index contributed by atoms with van der Waals surface area (Å²) in [6.07, 6.45) is -3.28. The Morgan fingerprint density at radius 2 is 1.65 bits per heavy atom. The van der Waals surface area contributed by atoms with E-state index >= 15 is 0 Å². The molecule has 0 atom stereocenters. The van der Waals surface area contributed by atoms with Crippen LogP contribution in [0.15, 0.2) is 12.3 Å². The Balaban J connectivity index is 0. The molecule has 1 heterocycles. The van der Waals surface area contributed by atoms with E-state index < -0.39 is 17.4 Å². The minimum Gasteiger partial charge on any atom is -0.245 e. The topological polar surface area (TPSA) is 36.7 Å². The van der Waals surface area contributed by atoms with Crippen LogP contribution in [-0.2, 0) is 6.18 Å². The average Bonchev–Trinajstić information content (AvgIpc) is 2.33. The van der Waals surface area contributed by atoms with Crippen LogP contribution in [0.5, 0.6) is 0 Å². The first-order valence-electron chi connectivity index (χ1n) is 5.39. The van der Waals surface area contributed by atoms with Crippen LogP contribution in [0.2, 0.25) is 0 Å². The van der Waals surface area contributed by atoms with Crippen molar-refractivity contribution < 1.29 is 13.2 Å². The van der Waals surface area contributed by atoms with Gasteiger partial charge in [0.1, 0.15) is 6.07 Å². The summed E-state index contributed by atoms with van der Waals surface area (Å²) in [6.45, 7) is 9.49. The Bertz CT molecular complexity index is 365. The number of pyridine rings is 1. The van der Waals surface area contributed by atoms with Crippen LogP contribution >= 0.6 is 0 Å². The molecule has 0 aliphatic carbocycles. The Morgan fingerprint density at radius 1 is 1.18 bits per heavy atom. The highest BCUT2D eigenvalue weighted by Crippen LogP contribution is 2.31. The van der Waals surface area contributed by atoms with Crippen LogP contribution in [0.25, 0.3) is 0 Å². The molecule has 1 aromatic rings. The maximum atomic E-state index is 12.2. The Labute approximate surface area is 100 Å². The number of rotatable bonds is 0. The second-order valence-corrected chi connectivity index (χ2v) is 2.52. The van der Waals surface area contributed by atoms with Gasteiger partial charge in [0.05, 0.1) is 5.56 Å². The van der Waals surface area contributed by atoms with Crippen molar-refractivity contribution in [3.8, 4) is 6.07 Å². The van der Waals surface area contributed by atoms with Gasteiger partial charge in [0, 0.05) is 6.20 Å². The normalized spacial score (nSPS) is 9.12. The number of hydrogen-bond acceptors (Lipinski definition) is 2. The van der Waals surface area contributed by atoms with Crippen molar-refractivity contribution in [2.75, 3.05) is 0 Å². The molecular weight excluding hydrogens is 229 g/mol. The van der Waals surface area contributed by atoms with Gasteiger partial charge in [0.15, 0.2) is 5.69 Å². The van der Waals surface area contributed by atoms with Gasteiger partial charge in [-0.1, -0.05) is 27.7 Å². The number of nitrogens with zero attached hydrogens (tertiary/aromatic N) is 2. The summed E-state index contributed by atoms with van der Waals surface area (Å²) in [7, 11) is 0. The number of nitriles is 1. The largest absolute Gasteiger partial charge is 0.419 e. The van der Waals surface area contributed by atoms with Gasteiger partial charge in [0.25, 0.3) is 0 Å². The Morgan fingerprint density at radius 3 is 2.00 bits per heavy atom. The fraction of sp³-hybridized carbons (Fsp3) is 0.500.